The van der Waals surface area contributed by atoms with Gasteiger partial charge in [0.15, 0.2) is 0 Å². The molecule has 2 fully saturated rings. The minimum atomic E-state index is -1.45. The fraction of sp³-hybridized carbons (Fsp3) is 0.476. The number of nitrogens with zero attached hydrogens (tertiary/aromatic N) is 1. The molecule has 2 aliphatic rings. The number of hydrogen-bond donors (Lipinski definition) is 2. The van der Waals surface area contributed by atoms with Gasteiger partial charge in [0.1, 0.15) is 5.54 Å². The van der Waals surface area contributed by atoms with Crippen LogP contribution in [0.2, 0.25) is 0 Å². The van der Waals surface area contributed by atoms with Crippen LogP contribution in [0.1, 0.15) is 30.0 Å². The molecule has 0 radical (unpaired) electrons. The summed E-state index contributed by atoms with van der Waals surface area (Å²) in [6.07, 6.45) is 4.33. The van der Waals surface area contributed by atoms with E-state index in [1.807, 2.05) is 37.4 Å². The van der Waals surface area contributed by atoms with Crippen LogP contribution in [-0.4, -0.2) is 51.9 Å². The number of nitrogens with one attached hydrogen (secondary N) is 1. The van der Waals surface area contributed by atoms with Gasteiger partial charge in [0.05, 0.1) is 11.8 Å². The van der Waals surface area contributed by atoms with Crippen LogP contribution in [0.3, 0.4) is 0 Å². The highest BCUT2D eigenvalue weighted by Crippen LogP contribution is 2.50. The Morgan fingerprint density at radius 3 is 2.68 bits per heavy atom. The van der Waals surface area contributed by atoms with Crippen molar-refractivity contribution in [2.24, 2.45) is 11.8 Å². The zero-order chi connectivity index (χ0) is 20.5. The molecule has 2 heterocycles. The third kappa shape index (κ3) is 3.16. The Balaban J connectivity index is 2.11. The Morgan fingerprint density at radius 2 is 2.07 bits per heavy atom. The number of rotatable bonds is 8. The number of fused-ring (bicyclic) bond motifs is 1. The standard InChI is InChI=1S/C21H26N2O4S/c1-4-5-11-23-18(24)15-16(19(23)25)21(20(26)27,10-12-28-3)22-17(15)14-9-7-6-8-13(14)2/h4,6-9,15-17,22H,1,5,10-12H2,2-3H3,(H,26,27). The number of aryl methyl sites for hydroxylation is 1. The minimum Gasteiger partial charge on any atom is -0.480 e. The molecule has 0 aromatic heterocycles. The van der Waals surface area contributed by atoms with Gasteiger partial charge in [-0.3, -0.25) is 24.6 Å². The number of benzene rings is 1. The van der Waals surface area contributed by atoms with Crippen molar-refractivity contribution in [3.05, 3.63) is 48.0 Å². The molecular weight excluding hydrogens is 376 g/mol. The topological polar surface area (TPSA) is 86.7 Å². The number of carboxylic acid groups (broad SMARTS) is 1. The fourth-order valence-electron chi connectivity index (χ4n) is 4.50. The molecule has 2 amide bonds. The molecule has 2 saturated heterocycles. The second kappa shape index (κ2) is 8.09. The molecule has 1 aromatic rings. The van der Waals surface area contributed by atoms with E-state index in [4.69, 9.17) is 0 Å². The Hall–Kier alpha value is -2.12. The van der Waals surface area contributed by atoms with Crippen LogP contribution in [0.4, 0.5) is 0 Å². The second-order valence-corrected chi connectivity index (χ2v) is 8.39. The van der Waals surface area contributed by atoms with Crippen molar-refractivity contribution < 1.29 is 19.5 Å². The molecule has 4 atom stereocenters. The van der Waals surface area contributed by atoms with Crippen LogP contribution in [-0.2, 0) is 14.4 Å². The van der Waals surface area contributed by atoms with E-state index in [2.05, 4.69) is 11.9 Å². The molecule has 3 rings (SSSR count). The Bertz CT molecular complexity index is 811. The Kier molecular flexibility index (Phi) is 5.95. The summed E-state index contributed by atoms with van der Waals surface area (Å²) in [4.78, 5) is 40.1. The number of aliphatic carboxylic acids is 1. The maximum atomic E-state index is 13.2. The lowest BCUT2D eigenvalue weighted by Crippen LogP contribution is -2.56. The largest absolute Gasteiger partial charge is 0.480 e. The lowest BCUT2D eigenvalue weighted by Gasteiger charge is -2.31. The Morgan fingerprint density at radius 1 is 1.36 bits per heavy atom. The predicted octanol–water partition coefficient (Wildman–Crippen LogP) is 2.39. The van der Waals surface area contributed by atoms with Crippen molar-refractivity contribution >= 4 is 29.5 Å². The van der Waals surface area contributed by atoms with E-state index >= 15 is 0 Å². The van der Waals surface area contributed by atoms with Gasteiger partial charge in [0.2, 0.25) is 11.8 Å². The molecule has 4 unspecified atom stereocenters. The number of carbonyl (C=O) groups is 3. The van der Waals surface area contributed by atoms with Crippen LogP contribution >= 0.6 is 11.8 Å². The van der Waals surface area contributed by atoms with E-state index in [1.54, 1.807) is 6.08 Å². The summed E-state index contributed by atoms with van der Waals surface area (Å²) >= 11 is 1.53. The molecule has 28 heavy (non-hydrogen) atoms. The molecule has 0 spiro atoms. The lowest BCUT2D eigenvalue weighted by molar-refractivity contribution is -0.151. The molecule has 0 bridgehead atoms. The van der Waals surface area contributed by atoms with Gasteiger partial charge in [0, 0.05) is 12.6 Å². The molecule has 0 aliphatic carbocycles. The second-order valence-electron chi connectivity index (χ2n) is 7.41. The van der Waals surface area contributed by atoms with Gasteiger partial charge in [-0.05, 0) is 42.9 Å². The smallest absolute Gasteiger partial charge is 0.324 e. The molecular formula is C21H26N2O4S. The number of carboxylic acids is 1. The number of thioether (sulfide) groups is 1. The van der Waals surface area contributed by atoms with E-state index in [9.17, 15) is 19.5 Å². The molecule has 0 saturated carbocycles. The normalized spacial score (nSPS) is 29.2. The molecule has 2 aliphatic heterocycles. The fourth-order valence-corrected chi connectivity index (χ4v) is 5.03. The molecule has 7 heteroatoms. The van der Waals surface area contributed by atoms with Crippen molar-refractivity contribution in [3.8, 4) is 0 Å². The lowest BCUT2D eigenvalue weighted by atomic mass is 9.77. The SMILES string of the molecule is C=CCCN1C(=O)C2C(c3ccccc3C)NC(CCSC)(C(=O)O)C2C1=O. The highest BCUT2D eigenvalue weighted by molar-refractivity contribution is 7.98. The number of carbonyl (C=O) groups excluding carboxylic acids is 2. The van der Waals surface area contributed by atoms with Gasteiger partial charge in [0.25, 0.3) is 0 Å². The first-order valence-corrected chi connectivity index (χ1v) is 10.8. The average Bonchev–Trinajstić information content (AvgIpc) is 3.14. The maximum absolute atomic E-state index is 13.2. The Labute approximate surface area is 169 Å². The van der Waals surface area contributed by atoms with Crippen molar-refractivity contribution in [3.63, 3.8) is 0 Å². The monoisotopic (exact) mass is 402 g/mol. The quantitative estimate of drug-likeness (QED) is 0.513. The summed E-state index contributed by atoms with van der Waals surface area (Å²) in [5.41, 5.74) is 0.391. The van der Waals surface area contributed by atoms with E-state index in [0.717, 1.165) is 11.1 Å². The summed E-state index contributed by atoms with van der Waals surface area (Å²) in [5.74, 6) is -2.78. The zero-order valence-electron chi connectivity index (χ0n) is 16.2. The van der Waals surface area contributed by atoms with Crippen molar-refractivity contribution in [2.75, 3.05) is 18.6 Å². The van der Waals surface area contributed by atoms with Gasteiger partial charge < -0.3 is 5.11 Å². The van der Waals surface area contributed by atoms with Crippen molar-refractivity contribution in [2.45, 2.75) is 31.3 Å². The summed E-state index contributed by atoms with van der Waals surface area (Å²) in [6, 6.07) is 7.11. The predicted molar refractivity (Wildman–Crippen MR) is 109 cm³/mol. The first-order chi connectivity index (χ1) is 13.4. The first kappa shape index (κ1) is 20.6. The maximum Gasteiger partial charge on any atom is 0.324 e. The highest BCUT2D eigenvalue weighted by Gasteiger charge is 2.68. The van der Waals surface area contributed by atoms with Crippen molar-refractivity contribution in [1.82, 2.24) is 10.2 Å². The molecule has 2 N–H and O–H groups in total. The molecule has 6 nitrogen and oxygen atoms in total. The molecule has 150 valence electrons. The first-order valence-electron chi connectivity index (χ1n) is 9.40. The van der Waals surface area contributed by atoms with E-state index in [0.29, 0.717) is 12.2 Å². The highest BCUT2D eigenvalue weighted by atomic mass is 32.2. The van der Waals surface area contributed by atoms with Crippen LogP contribution < -0.4 is 5.32 Å². The zero-order valence-corrected chi connectivity index (χ0v) is 17.0. The average molecular weight is 403 g/mol. The molecule has 1 aromatic carbocycles. The van der Waals surface area contributed by atoms with Crippen LogP contribution in [0.25, 0.3) is 0 Å². The number of amides is 2. The van der Waals surface area contributed by atoms with Gasteiger partial charge in [-0.1, -0.05) is 30.3 Å². The summed E-state index contributed by atoms with van der Waals surface area (Å²) < 4.78 is 0. The van der Waals surface area contributed by atoms with Crippen molar-refractivity contribution in [1.29, 1.82) is 0 Å². The minimum absolute atomic E-state index is 0.243. The van der Waals surface area contributed by atoms with Crippen LogP contribution in [0, 0.1) is 18.8 Å². The summed E-state index contributed by atoms with van der Waals surface area (Å²) in [6.45, 7) is 5.84. The van der Waals surface area contributed by atoms with Crippen LogP contribution in [0.15, 0.2) is 36.9 Å². The third-order valence-electron chi connectivity index (χ3n) is 5.91. The van der Waals surface area contributed by atoms with Crippen LogP contribution in [0.5, 0.6) is 0 Å². The van der Waals surface area contributed by atoms with Gasteiger partial charge in [-0.15, -0.1) is 6.58 Å². The van der Waals surface area contributed by atoms with Gasteiger partial charge in [-0.2, -0.15) is 11.8 Å². The van der Waals surface area contributed by atoms with E-state index in [-0.39, 0.29) is 24.8 Å². The van der Waals surface area contributed by atoms with Gasteiger partial charge in [-0.25, -0.2) is 0 Å². The summed E-state index contributed by atoms with van der Waals surface area (Å²) in [7, 11) is 0. The number of hydrogen-bond acceptors (Lipinski definition) is 5. The third-order valence-corrected chi connectivity index (χ3v) is 6.52. The van der Waals surface area contributed by atoms with E-state index in [1.165, 1.54) is 16.7 Å². The van der Waals surface area contributed by atoms with Gasteiger partial charge >= 0.3 is 5.97 Å². The number of imide groups is 1. The summed E-state index contributed by atoms with van der Waals surface area (Å²) in [5, 5.41) is 13.4. The number of likely N-dealkylation sites (tertiary alicyclic amines) is 1. The van der Waals surface area contributed by atoms with E-state index < -0.39 is 29.4 Å².